The largest absolute Gasteiger partial charge is 0.481 e. The second kappa shape index (κ2) is 5.61. The van der Waals surface area contributed by atoms with E-state index in [2.05, 4.69) is 6.58 Å². The van der Waals surface area contributed by atoms with Gasteiger partial charge in [0, 0.05) is 0 Å². The van der Waals surface area contributed by atoms with Crippen molar-refractivity contribution in [2.75, 3.05) is 6.54 Å². The van der Waals surface area contributed by atoms with Crippen LogP contribution in [0.15, 0.2) is 24.8 Å². The van der Waals surface area contributed by atoms with Crippen molar-refractivity contribution >= 4 is 0 Å². The number of hydrogen-bond acceptors (Lipinski definition) is 2. The molecule has 0 aliphatic rings. The van der Waals surface area contributed by atoms with E-state index in [4.69, 9.17) is 10.5 Å². The molecule has 1 atom stereocenters. The fraction of sp³-hybridized carbons (Fsp3) is 0.333. The highest BCUT2D eigenvalue weighted by atomic mass is 19.1. The van der Waals surface area contributed by atoms with Gasteiger partial charge in [0.25, 0.3) is 0 Å². The molecule has 0 aliphatic heterocycles. The standard InChI is InChI=1S/C12H15F2NO/c1-3-8(2)16-12-10(13)6-9(4-5-15)7-11(12)14/h3,6-8H,1,4-5,15H2,2H3. The van der Waals surface area contributed by atoms with Gasteiger partial charge < -0.3 is 10.5 Å². The molecule has 0 fully saturated rings. The van der Waals surface area contributed by atoms with Crippen LogP contribution in [0.1, 0.15) is 12.5 Å². The van der Waals surface area contributed by atoms with Gasteiger partial charge in [-0.05, 0) is 37.6 Å². The first-order chi connectivity index (χ1) is 7.58. The molecule has 0 saturated carbocycles. The van der Waals surface area contributed by atoms with Gasteiger partial charge in [0.05, 0.1) is 0 Å². The lowest BCUT2D eigenvalue weighted by molar-refractivity contribution is 0.243. The van der Waals surface area contributed by atoms with Crippen molar-refractivity contribution in [1.29, 1.82) is 0 Å². The van der Waals surface area contributed by atoms with Gasteiger partial charge >= 0.3 is 0 Å². The topological polar surface area (TPSA) is 35.2 Å². The Labute approximate surface area is 93.7 Å². The maximum Gasteiger partial charge on any atom is 0.191 e. The third-order valence-electron chi connectivity index (χ3n) is 2.13. The summed E-state index contributed by atoms with van der Waals surface area (Å²) in [6.45, 7) is 5.48. The molecule has 0 aliphatic carbocycles. The predicted molar refractivity (Wildman–Crippen MR) is 59.4 cm³/mol. The van der Waals surface area contributed by atoms with Crippen molar-refractivity contribution in [2.24, 2.45) is 5.73 Å². The Bertz CT molecular complexity index is 356. The van der Waals surface area contributed by atoms with Crippen molar-refractivity contribution in [3.8, 4) is 5.75 Å². The maximum atomic E-state index is 13.5. The highest BCUT2D eigenvalue weighted by Crippen LogP contribution is 2.24. The van der Waals surface area contributed by atoms with Gasteiger partial charge in [-0.1, -0.05) is 12.7 Å². The molecule has 0 heterocycles. The number of hydrogen-bond donors (Lipinski definition) is 1. The van der Waals surface area contributed by atoms with Crippen molar-refractivity contribution in [1.82, 2.24) is 0 Å². The fourth-order valence-corrected chi connectivity index (χ4v) is 1.27. The SMILES string of the molecule is C=CC(C)Oc1c(F)cc(CCN)cc1F. The lowest BCUT2D eigenvalue weighted by Gasteiger charge is -2.13. The summed E-state index contributed by atoms with van der Waals surface area (Å²) in [5, 5.41) is 0. The third-order valence-corrected chi connectivity index (χ3v) is 2.13. The molecule has 4 heteroatoms. The van der Waals surface area contributed by atoms with Gasteiger partial charge in [-0.3, -0.25) is 0 Å². The van der Waals surface area contributed by atoms with E-state index in [-0.39, 0.29) is 5.75 Å². The maximum absolute atomic E-state index is 13.5. The summed E-state index contributed by atoms with van der Waals surface area (Å²) in [6, 6.07) is 2.47. The van der Waals surface area contributed by atoms with Crippen LogP contribution in [0.3, 0.4) is 0 Å². The third kappa shape index (κ3) is 3.03. The lowest BCUT2D eigenvalue weighted by Crippen LogP contribution is -2.11. The number of benzene rings is 1. The van der Waals surface area contributed by atoms with Crippen molar-refractivity contribution in [3.63, 3.8) is 0 Å². The second-order valence-corrected chi connectivity index (χ2v) is 3.49. The summed E-state index contributed by atoms with van der Waals surface area (Å²) in [5.41, 5.74) is 5.84. The van der Waals surface area contributed by atoms with Crippen LogP contribution in [0.5, 0.6) is 5.75 Å². The van der Waals surface area contributed by atoms with Crippen LogP contribution in [0, 0.1) is 11.6 Å². The molecule has 2 nitrogen and oxygen atoms in total. The van der Waals surface area contributed by atoms with Crippen molar-refractivity contribution in [3.05, 3.63) is 42.0 Å². The Morgan fingerprint density at radius 1 is 1.44 bits per heavy atom. The van der Waals surface area contributed by atoms with Crippen molar-refractivity contribution in [2.45, 2.75) is 19.4 Å². The molecule has 1 unspecified atom stereocenters. The van der Waals surface area contributed by atoms with Gasteiger partial charge in [0.15, 0.2) is 17.4 Å². The molecule has 0 saturated heterocycles. The second-order valence-electron chi connectivity index (χ2n) is 3.49. The molecule has 2 N–H and O–H groups in total. The van der Waals surface area contributed by atoms with Crippen LogP contribution in [-0.2, 0) is 6.42 Å². The molecular weight excluding hydrogens is 212 g/mol. The number of nitrogens with two attached hydrogens (primary N) is 1. The average Bonchev–Trinajstić information content (AvgIpc) is 2.23. The monoisotopic (exact) mass is 227 g/mol. The van der Waals surface area contributed by atoms with Crippen LogP contribution in [-0.4, -0.2) is 12.6 Å². The molecule has 0 bridgehead atoms. The quantitative estimate of drug-likeness (QED) is 0.784. The minimum Gasteiger partial charge on any atom is -0.481 e. The number of halogens is 2. The Kier molecular flexibility index (Phi) is 4.43. The Morgan fingerprint density at radius 2 is 2.00 bits per heavy atom. The van der Waals surface area contributed by atoms with Crippen LogP contribution >= 0.6 is 0 Å². The van der Waals surface area contributed by atoms with E-state index < -0.39 is 17.7 Å². The van der Waals surface area contributed by atoms with Gasteiger partial charge in [-0.2, -0.15) is 0 Å². The molecular formula is C12H15F2NO. The number of ether oxygens (including phenoxy) is 1. The fourth-order valence-electron chi connectivity index (χ4n) is 1.27. The molecule has 1 aromatic rings. The Morgan fingerprint density at radius 3 is 2.44 bits per heavy atom. The minimum atomic E-state index is -0.711. The lowest BCUT2D eigenvalue weighted by atomic mass is 10.1. The molecule has 1 rings (SSSR count). The molecule has 1 aromatic carbocycles. The minimum absolute atomic E-state index is 0.349. The smallest absolute Gasteiger partial charge is 0.191 e. The van der Waals surface area contributed by atoms with E-state index in [1.54, 1.807) is 6.92 Å². The first kappa shape index (κ1) is 12.6. The Balaban J connectivity index is 2.97. The van der Waals surface area contributed by atoms with Crippen LogP contribution in [0.2, 0.25) is 0 Å². The summed E-state index contributed by atoms with van der Waals surface area (Å²) >= 11 is 0. The van der Waals surface area contributed by atoms with Gasteiger partial charge in [-0.15, -0.1) is 0 Å². The summed E-state index contributed by atoms with van der Waals surface area (Å²) in [7, 11) is 0. The average molecular weight is 227 g/mol. The molecule has 0 aromatic heterocycles. The molecule has 0 amide bonds. The Hall–Kier alpha value is -1.42. The van der Waals surface area contributed by atoms with E-state index in [0.717, 1.165) is 0 Å². The van der Waals surface area contributed by atoms with Crippen LogP contribution < -0.4 is 10.5 Å². The predicted octanol–water partition coefficient (Wildman–Crippen LogP) is 2.42. The van der Waals surface area contributed by atoms with E-state index in [9.17, 15) is 8.78 Å². The summed E-state index contributed by atoms with van der Waals surface area (Å²) in [4.78, 5) is 0. The normalized spacial score (nSPS) is 12.2. The summed E-state index contributed by atoms with van der Waals surface area (Å²) in [5.74, 6) is -1.79. The molecule has 16 heavy (non-hydrogen) atoms. The first-order valence-electron chi connectivity index (χ1n) is 5.05. The van der Waals surface area contributed by atoms with Gasteiger partial charge in [0.1, 0.15) is 6.10 Å². The molecule has 0 spiro atoms. The van der Waals surface area contributed by atoms with E-state index in [0.29, 0.717) is 18.5 Å². The highest BCUT2D eigenvalue weighted by Gasteiger charge is 2.14. The molecule has 88 valence electrons. The van der Waals surface area contributed by atoms with E-state index >= 15 is 0 Å². The molecule has 0 radical (unpaired) electrons. The van der Waals surface area contributed by atoms with Crippen LogP contribution in [0.4, 0.5) is 8.78 Å². The van der Waals surface area contributed by atoms with Gasteiger partial charge in [0.2, 0.25) is 0 Å². The zero-order valence-electron chi connectivity index (χ0n) is 9.17. The summed E-state index contributed by atoms with van der Waals surface area (Å²) in [6.07, 6.45) is 1.46. The summed E-state index contributed by atoms with van der Waals surface area (Å²) < 4.78 is 32.0. The van der Waals surface area contributed by atoms with Crippen molar-refractivity contribution < 1.29 is 13.5 Å². The first-order valence-corrected chi connectivity index (χ1v) is 5.05. The number of rotatable bonds is 5. The van der Waals surface area contributed by atoms with E-state index in [1.807, 2.05) is 0 Å². The van der Waals surface area contributed by atoms with Gasteiger partial charge in [-0.25, -0.2) is 8.78 Å². The zero-order chi connectivity index (χ0) is 12.1. The highest BCUT2D eigenvalue weighted by molar-refractivity contribution is 5.32. The van der Waals surface area contributed by atoms with E-state index in [1.165, 1.54) is 18.2 Å². The zero-order valence-corrected chi connectivity index (χ0v) is 9.17. The van der Waals surface area contributed by atoms with Crippen LogP contribution in [0.25, 0.3) is 0 Å².